The topological polar surface area (TPSA) is 0 Å². The van der Waals surface area contributed by atoms with Crippen molar-refractivity contribution in [2.75, 3.05) is 0 Å². The number of hydrogen-bond acceptors (Lipinski definition) is 0. The fraction of sp³-hybridized carbons (Fsp3) is 0.310. The molecule has 0 spiro atoms. The van der Waals surface area contributed by atoms with E-state index >= 15 is 0 Å². The summed E-state index contributed by atoms with van der Waals surface area (Å²) in [5.41, 5.74) is 24.8. The number of benzene rings is 6. The molecule has 0 amide bonds. The van der Waals surface area contributed by atoms with Gasteiger partial charge in [-0.2, -0.15) is 0 Å². The first-order valence-corrected chi connectivity index (χ1v) is 33.4. The van der Waals surface area contributed by atoms with Crippen LogP contribution in [0.3, 0.4) is 0 Å². The number of halogens is 2. The van der Waals surface area contributed by atoms with Crippen LogP contribution in [-0.2, 0) is 19.4 Å². The van der Waals surface area contributed by atoms with E-state index in [4.69, 9.17) is 0 Å². The number of hydrogen-bond donors (Lipinski definition) is 0. The predicted molar refractivity (Wildman–Crippen MR) is 260 cm³/mol. The first-order chi connectivity index (χ1) is 29.2. The van der Waals surface area contributed by atoms with E-state index in [0.717, 1.165) is 0 Å². The Morgan fingerprint density at radius 3 is 1.44 bits per heavy atom. The van der Waals surface area contributed by atoms with Crippen molar-refractivity contribution in [3.05, 3.63) is 171 Å². The molecular weight excluding hydrogens is 887 g/mol. The molecule has 2 aliphatic carbocycles. The second kappa shape index (κ2) is 17.8. The van der Waals surface area contributed by atoms with E-state index in [2.05, 4.69) is 183 Å². The Kier molecular flexibility index (Phi) is 12.9. The molecular formula is C58H62Cl2SiZr. The summed E-state index contributed by atoms with van der Waals surface area (Å²) in [6.07, 6.45) is 12.9. The molecule has 4 heteroatoms. The van der Waals surface area contributed by atoms with Crippen molar-refractivity contribution in [2.24, 2.45) is 0 Å². The smallest absolute Gasteiger partial charge is 1.00 e. The number of allylic oxidation sites excluding steroid dienone is 2. The molecule has 10 rings (SSSR count). The predicted octanol–water partition coefficient (Wildman–Crippen LogP) is 8.16. The van der Waals surface area contributed by atoms with E-state index < -0.39 is 25.4 Å². The summed E-state index contributed by atoms with van der Waals surface area (Å²) >= 11 is -3.78. The van der Waals surface area contributed by atoms with Crippen molar-refractivity contribution in [3.63, 3.8) is 0 Å². The Morgan fingerprint density at radius 2 is 0.968 bits per heavy atom. The first-order valence-electron chi connectivity index (χ1n) is 23.3. The molecule has 0 saturated carbocycles. The van der Waals surface area contributed by atoms with E-state index in [-0.39, 0.29) is 24.8 Å². The van der Waals surface area contributed by atoms with Crippen molar-refractivity contribution in [3.8, 4) is 33.4 Å². The van der Waals surface area contributed by atoms with Gasteiger partial charge in [-0.25, -0.2) is 0 Å². The van der Waals surface area contributed by atoms with Crippen LogP contribution >= 0.6 is 0 Å². The largest absolute Gasteiger partial charge is 1.00 e. The Hall–Kier alpha value is -3.52. The molecule has 0 saturated heterocycles. The van der Waals surface area contributed by atoms with Gasteiger partial charge >= 0.3 is 368 Å². The van der Waals surface area contributed by atoms with E-state index in [1.807, 2.05) is 8.46 Å². The Morgan fingerprint density at radius 1 is 0.516 bits per heavy atom. The van der Waals surface area contributed by atoms with Crippen molar-refractivity contribution in [1.82, 2.24) is 0 Å². The molecule has 0 nitrogen and oxygen atoms in total. The van der Waals surface area contributed by atoms with Gasteiger partial charge in [0.05, 0.1) is 0 Å². The molecule has 2 heterocycles. The molecule has 6 aromatic carbocycles. The molecule has 0 fully saturated rings. The van der Waals surface area contributed by atoms with Crippen molar-refractivity contribution in [1.29, 1.82) is 0 Å². The molecule has 4 aliphatic rings. The number of rotatable bonds is 12. The monoisotopic (exact) mass is 946 g/mol. The van der Waals surface area contributed by atoms with Gasteiger partial charge in [0.15, 0.2) is 0 Å². The van der Waals surface area contributed by atoms with E-state index in [1.165, 1.54) is 83.0 Å². The van der Waals surface area contributed by atoms with Crippen LogP contribution < -0.4 is 38.5 Å². The standard InChI is InChI=1S/2C23H27.C12H8Si.2ClH.Zr/c2*1-5-6-10-18-14-19-12-13-20(16(2)3)23(22(19)15-18)21-11-8-7-9-17(21)4;1-3-7-11-9(5-1)10-6-2-4-8-12(10)13-11;;;/h2*7-9,11-16H,5-6,10H2,1-4H3;1-7,13H;2*1H;/q;;;;;+2/p-2. The van der Waals surface area contributed by atoms with Gasteiger partial charge in [0.1, 0.15) is 0 Å². The van der Waals surface area contributed by atoms with Crippen LogP contribution in [0.2, 0.25) is 0 Å². The quantitative estimate of drug-likeness (QED) is 0.109. The fourth-order valence-electron chi connectivity index (χ4n) is 12.7. The molecule has 0 radical (unpaired) electrons. The van der Waals surface area contributed by atoms with Crippen molar-refractivity contribution >= 4 is 31.7 Å². The number of aryl methyl sites for hydroxylation is 2. The van der Waals surface area contributed by atoms with Crippen molar-refractivity contribution < 1.29 is 44.2 Å². The van der Waals surface area contributed by atoms with Gasteiger partial charge in [-0.3, -0.25) is 0 Å². The van der Waals surface area contributed by atoms with Gasteiger partial charge in [0, 0.05) is 0 Å². The number of unbranched alkanes of at least 4 members (excludes halogenated alkanes) is 2. The second-order valence-corrected chi connectivity index (χ2v) is 40.0. The maximum absolute atomic E-state index is 3.78. The van der Waals surface area contributed by atoms with Gasteiger partial charge in [0.2, 0.25) is 0 Å². The molecule has 0 aromatic heterocycles. The zero-order valence-electron chi connectivity index (χ0n) is 38.0. The summed E-state index contributed by atoms with van der Waals surface area (Å²) in [5, 5.41) is 3.60. The molecule has 3 atom stereocenters. The summed E-state index contributed by atoms with van der Waals surface area (Å²) in [4.78, 5) is 0. The minimum Gasteiger partial charge on any atom is -1.00 e. The summed E-state index contributed by atoms with van der Waals surface area (Å²) in [6.45, 7) is 19.1. The average molecular weight is 949 g/mol. The van der Waals surface area contributed by atoms with Gasteiger partial charge in [-0.1, -0.05) is 0 Å². The van der Waals surface area contributed by atoms with Crippen molar-refractivity contribution in [2.45, 2.75) is 113 Å². The number of fused-ring (bicyclic) bond motifs is 5. The van der Waals surface area contributed by atoms with Crippen LogP contribution in [-0.4, -0.2) is 5.92 Å². The average Bonchev–Trinajstić information content (AvgIpc) is 3.92. The molecule has 0 bridgehead atoms. The minimum atomic E-state index is -3.78. The molecule has 316 valence electrons. The van der Waals surface area contributed by atoms with Crippen LogP contribution in [0.15, 0.2) is 126 Å². The first kappa shape index (κ1) is 45.1. The minimum absolute atomic E-state index is 0. The van der Waals surface area contributed by atoms with Gasteiger partial charge in [-0.15, -0.1) is 0 Å². The van der Waals surface area contributed by atoms with E-state index in [1.54, 1.807) is 49.7 Å². The summed E-state index contributed by atoms with van der Waals surface area (Å²) in [6, 6.07) is 46.4. The third kappa shape index (κ3) is 6.67. The third-order valence-corrected chi connectivity index (χ3v) is 47.9. The molecule has 3 unspecified atom stereocenters. The van der Waals surface area contributed by atoms with Crippen LogP contribution in [0.5, 0.6) is 0 Å². The Balaban J connectivity index is 0.00000264. The van der Waals surface area contributed by atoms with Gasteiger partial charge in [-0.05, 0) is 0 Å². The molecule has 0 N–H and O–H groups in total. The summed E-state index contributed by atoms with van der Waals surface area (Å²) < 4.78 is 2.90. The summed E-state index contributed by atoms with van der Waals surface area (Å²) in [5.74, 6) is -0.753. The SMILES string of the molecule is CCCCC1=Cc2c(ccc(C(C)C)c2-c2ccccc2C)[CH]1[Zr+2]1([CH]2C(CCCC)=Cc3c2ccc(C(C)C)c3-c2ccccc2C)[c]2cccc3c2[SiH]1c1ccccc1-3.[Cl-].[Cl-]. The van der Waals surface area contributed by atoms with Gasteiger partial charge < -0.3 is 24.8 Å². The molecule has 2 aliphatic heterocycles. The maximum atomic E-state index is 2.80. The van der Waals surface area contributed by atoms with E-state index in [0.29, 0.717) is 19.1 Å². The normalized spacial score (nSPS) is 18.8. The van der Waals surface area contributed by atoms with Crippen LogP contribution in [0.1, 0.15) is 144 Å². The van der Waals surface area contributed by atoms with E-state index in [9.17, 15) is 0 Å². The molecule has 62 heavy (non-hydrogen) atoms. The second-order valence-electron chi connectivity index (χ2n) is 19.2. The Bertz CT molecular complexity index is 2620. The van der Waals surface area contributed by atoms with Crippen LogP contribution in [0.25, 0.3) is 45.5 Å². The third-order valence-electron chi connectivity index (χ3n) is 15.2. The zero-order valence-corrected chi connectivity index (χ0v) is 43.1. The fourth-order valence-corrected chi connectivity index (χ4v) is 54.5. The zero-order chi connectivity index (χ0) is 41.4. The maximum Gasteiger partial charge on any atom is -1.00 e. The van der Waals surface area contributed by atoms with Gasteiger partial charge in [0.25, 0.3) is 0 Å². The van der Waals surface area contributed by atoms with Crippen LogP contribution in [0.4, 0.5) is 0 Å². The van der Waals surface area contributed by atoms with Crippen LogP contribution in [0, 0.1) is 13.8 Å². The summed E-state index contributed by atoms with van der Waals surface area (Å²) in [7, 11) is 0. The Labute approximate surface area is 390 Å². The molecule has 6 aromatic rings.